The molecule has 1 aliphatic rings. The largest absolute Gasteiger partial charge is 0.322 e. The number of sulfonamides is 1. The summed E-state index contributed by atoms with van der Waals surface area (Å²) >= 11 is 0. The molecule has 2 aromatic rings. The fourth-order valence-electron chi connectivity index (χ4n) is 2.81. The first-order chi connectivity index (χ1) is 12.4. The number of rotatable bonds is 3. The summed E-state index contributed by atoms with van der Waals surface area (Å²) in [5, 5.41) is 2.82. The zero-order valence-electron chi connectivity index (χ0n) is 14.4. The fourth-order valence-corrected chi connectivity index (χ4v) is 4.23. The zero-order chi connectivity index (χ0) is 18.7. The van der Waals surface area contributed by atoms with Crippen LogP contribution in [0.2, 0.25) is 0 Å². The number of hydrogen-bond acceptors (Lipinski definition) is 3. The van der Waals surface area contributed by atoms with Gasteiger partial charge in [-0.15, -0.1) is 0 Å². The standard InChI is InChI=1S/C18H20FN3O3S/c1-14-3-2-4-16(13-14)20-18(23)21-9-11-22(12-10-21)26(24,25)17-7-5-15(19)6-8-17/h2-8,13H,9-12H2,1H3,(H,20,23). The number of anilines is 1. The summed E-state index contributed by atoms with van der Waals surface area (Å²) in [6, 6.07) is 12.0. The minimum atomic E-state index is -3.68. The van der Waals surface area contributed by atoms with Crippen LogP contribution in [0.25, 0.3) is 0 Å². The second-order valence-corrected chi connectivity index (χ2v) is 8.08. The van der Waals surface area contributed by atoms with E-state index in [2.05, 4.69) is 5.32 Å². The maximum absolute atomic E-state index is 13.0. The van der Waals surface area contributed by atoms with Crippen molar-refractivity contribution >= 4 is 21.7 Å². The van der Waals surface area contributed by atoms with Crippen LogP contribution in [0.4, 0.5) is 14.9 Å². The summed E-state index contributed by atoms with van der Waals surface area (Å²) in [6.07, 6.45) is 0. The molecular formula is C18H20FN3O3S. The first-order valence-electron chi connectivity index (χ1n) is 8.24. The number of urea groups is 1. The number of amides is 2. The fraction of sp³-hybridized carbons (Fsp3) is 0.278. The highest BCUT2D eigenvalue weighted by molar-refractivity contribution is 7.89. The van der Waals surface area contributed by atoms with Crippen LogP contribution in [0.15, 0.2) is 53.4 Å². The van der Waals surface area contributed by atoms with Gasteiger partial charge in [0.2, 0.25) is 10.0 Å². The number of nitrogens with zero attached hydrogens (tertiary/aromatic N) is 2. The summed E-state index contributed by atoms with van der Waals surface area (Å²) in [6.45, 7) is 2.91. The number of piperazine rings is 1. The van der Waals surface area contributed by atoms with E-state index in [0.717, 1.165) is 17.7 Å². The first-order valence-corrected chi connectivity index (χ1v) is 9.68. The zero-order valence-corrected chi connectivity index (χ0v) is 15.2. The van der Waals surface area contributed by atoms with Crippen LogP contribution in [0.1, 0.15) is 5.56 Å². The van der Waals surface area contributed by atoms with E-state index >= 15 is 0 Å². The second kappa shape index (κ2) is 7.43. The molecule has 2 aromatic carbocycles. The molecule has 1 aliphatic heterocycles. The molecule has 0 aromatic heterocycles. The molecule has 1 saturated heterocycles. The number of benzene rings is 2. The Labute approximate surface area is 152 Å². The van der Waals surface area contributed by atoms with E-state index < -0.39 is 15.8 Å². The topological polar surface area (TPSA) is 69.7 Å². The molecule has 138 valence electrons. The van der Waals surface area contributed by atoms with Crippen molar-refractivity contribution in [1.82, 2.24) is 9.21 Å². The van der Waals surface area contributed by atoms with Crippen molar-refractivity contribution in [2.75, 3.05) is 31.5 Å². The number of hydrogen-bond donors (Lipinski definition) is 1. The van der Waals surface area contributed by atoms with Crippen molar-refractivity contribution in [3.63, 3.8) is 0 Å². The number of nitrogens with one attached hydrogen (secondary N) is 1. The molecule has 0 bridgehead atoms. The van der Waals surface area contributed by atoms with Crippen molar-refractivity contribution in [3.8, 4) is 0 Å². The van der Waals surface area contributed by atoms with Gasteiger partial charge in [-0.1, -0.05) is 12.1 Å². The van der Waals surface area contributed by atoms with Crippen LogP contribution in [0.3, 0.4) is 0 Å². The average molecular weight is 377 g/mol. The van der Waals surface area contributed by atoms with Gasteiger partial charge in [-0.2, -0.15) is 4.31 Å². The predicted octanol–water partition coefficient (Wildman–Crippen LogP) is 2.67. The summed E-state index contributed by atoms with van der Waals surface area (Å²) < 4.78 is 39.5. The Morgan fingerprint density at radius 2 is 1.69 bits per heavy atom. The predicted molar refractivity (Wildman–Crippen MR) is 96.9 cm³/mol. The van der Waals surface area contributed by atoms with Crippen LogP contribution in [0, 0.1) is 12.7 Å². The maximum Gasteiger partial charge on any atom is 0.321 e. The highest BCUT2D eigenvalue weighted by Gasteiger charge is 2.30. The van der Waals surface area contributed by atoms with E-state index in [9.17, 15) is 17.6 Å². The van der Waals surface area contributed by atoms with E-state index in [1.807, 2.05) is 25.1 Å². The molecule has 2 amide bonds. The monoisotopic (exact) mass is 377 g/mol. The van der Waals surface area contributed by atoms with Crippen molar-refractivity contribution in [2.24, 2.45) is 0 Å². The molecule has 0 spiro atoms. The lowest BCUT2D eigenvalue weighted by Crippen LogP contribution is -2.51. The van der Waals surface area contributed by atoms with Crippen molar-refractivity contribution in [1.29, 1.82) is 0 Å². The number of carbonyl (C=O) groups is 1. The molecule has 1 fully saturated rings. The van der Waals surface area contributed by atoms with Gasteiger partial charge in [0.15, 0.2) is 0 Å². The van der Waals surface area contributed by atoms with Gasteiger partial charge in [0.25, 0.3) is 0 Å². The van der Waals surface area contributed by atoms with E-state index in [0.29, 0.717) is 5.69 Å². The van der Waals surface area contributed by atoms with Gasteiger partial charge in [-0.3, -0.25) is 0 Å². The third-order valence-corrected chi connectivity index (χ3v) is 6.16. The molecule has 1 N–H and O–H groups in total. The molecule has 26 heavy (non-hydrogen) atoms. The Kier molecular flexibility index (Phi) is 5.24. The third kappa shape index (κ3) is 4.03. The maximum atomic E-state index is 13.0. The summed E-state index contributed by atoms with van der Waals surface area (Å²) in [7, 11) is -3.68. The lowest BCUT2D eigenvalue weighted by atomic mass is 10.2. The molecule has 8 heteroatoms. The van der Waals surface area contributed by atoms with Crippen molar-refractivity contribution in [2.45, 2.75) is 11.8 Å². The van der Waals surface area contributed by atoms with Gasteiger partial charge in [0, 0.05) is 31.9 Å². The molecule has 3 rings (SSSR count). The Hall–Kier alpha value is -2.45. The van der Waals surface area contributed by atoms with Gasteiger partial charge in [-0.05, 0) is 48.9 Å². The first kappa shape index (κ1) is 18.3. The van der Waals surface area contributed by atoms with Crippen LogP contribution in [-0.2, 0) is 10.0 Å². The quantitative estimate of drug-likeness (QED) is 0.894. The number of carbonyl (C=O) groups excluding carboxylic acids is 1. The number of aryl methyl sites for hydroxylation is 1. The summed E-state index contributed by atoms with van der Waals surface area (Å²) in [5.41, 5.74) is 1.74. The Morgan fingerprint density at radius 3 is 2.31 bits per heavy atom. The Bertz CT molecular complexity index is 892. The van der Waals surface area contributed by atoms with Crippen LogP contribution < -0.4 is 5.32 Å². The van der Waals surface area contributed by atoms with Crippen molar-refractivity contribution < 1.29 is 17.6 Å². The van der Waals surface area contributed by atoms with Gasteiger partial charge >= 0.3 is 6.03 Å². The summed E-state index contributed by atoms with van der Waals surface area (Å²) in [4.78, 5) is 14.0. The molecule has 0 radical (unpaired) electrons. The van der Waals surface area contributed by atoms with Gasteiger partial charge in [-0.25, -0.2) is 17.6 Å². The molecule has 0 unspecified atom stereocenters. The van der Waals surface area contributed by atoms with Gasteiger partial charge in [0.1, 0.15) is 5.82 Å². The SMILES string of the molecule is Cc1cccc(NC(=O)N2CCN(S(=O)(=O)c3ccc(F)cc3)CC2)c1. The highest BCUT2D eigenvalue weighted by Crippen LogP contribution is 2.18. The van der Waals surface area contributed by atoms with E-state index in [1.165, 1.54) is 16.4 Å². The minimum Gasteiger partial charge on any atom is -0.322 e. The van der Waals surface area contributed by atoms with Crippen LogP contribution in [0.5, 0.6) is 0 Å². The lowest BCUT2D eigenvalue weighted by Gasteiger charge is -2.34. The highest BCUT2D eigenvalue weighted by atomic mass is 32.2. The van der Waals surface area contributed by atoms with E-state index in [4.69, 9.17) is 0 Å². The molecule has 0 saturated carbocycles. The molecular weight excluding hydrogens is 357 g/mol. The Morgan fingerprint density at radius 1 is 1.04 bits per heavy atom. The Balaban J connectivity index is 1.61. The van der Waals surface area contributed by atoms with Crippen molar-refractivity contribution in [3.05, 3.63) is 59.9 Å². The van der Waals surface area contributed by atoms with E-state index in [1.54, 1.807) is 11.0 Å². The van der Waals surface area contributed by atoms with Gasteiger partial charge < -0.3 is 10.2 Å². The van der Waals surface area contributed by atoms with Crippen LogP contribution >= 0.6 is 0 Å². The van der Waals surface area contributed by atoms with Gasteiger partial charge in [0.05, 0.1) is 4.90 Å². The second-order valence-electron chi connectivity index (χ2n) is 6.14. The molecule has 0 atom stereocenters. The van der Waals surface area contributed by atoms with E-state index in [-0.39, 0.29) is 37.1 Å². The molecule has 1 heterocycles. The lowest BCUT2D eigenvalue weighted by molar-refractivity contribution is 0.184. The average Bonchev–Trinajstić information content (AvgIpc) is 2.62. The normalized spacial score (nSPS) is 15.7. The molecule has 0 aliphatic carbocycles. The minimum absolute atomic E-state index is 0.0524. The molecule has 6 nitrogen and oxygen atoms in total. The summed E-state index contributed by atoms with van der Waals surface area (Å²) in [5.74, 6) is -0.485. The number of halogens is 1. The third-order valence-electron chi connectivity index (χ3n) is 4.25. The smallest absolute Gasteiger partial charge is 0.321 e. The van der Waals surface area contributed by atoms with Crippen LogP contribution in [-0.4, -0.2) is 49.8 Å².